The third kappa shape index (κ3) is 3.65. The second kappa shape index (κ2) is 6.69. The summed E-state index contributed by atoms with van der Waals surface area (Å²) in [6.07, 6.45) is 0.342. The molecular formula is C17H19N3O6S. The fourth-order valence-electron chi connectivity index (χ4n) is 2.68. The molecule has 2 N–H and O–H groups in total. The highest BCUT2D eigenvalue weighted by Crippen LogP contribution is 2.35. The quantitative estimate of drug-likeness (QED) is 0.810. The van der Waals surface area contributed by atoms with Crippen LogP contribution in [0.4, 0.5) is 5.69 Å². The molecule has 0 saturated carbocycles. The average molecular weight is 393 g/mol. The number of nitrogens with zero attached hydrogens (tertiary/aromatic N) is 1. The van der Waals surface area contributed by atoms with Gasteiger partial charge < -0.3 is 14.5 Å². The van der Waals surface area contributed by atoms with E-state index in [2.05, 4.69) is 10.3 Å². The number of benzene rings is 1. The summed E-state index contributed by atoms with van der Waals surface area (Å²) in [6.45, 7) is 6.73. The van der Waals surface area contributed by atoms with Crippen molar-refractivity contribution >= 4 is 27.5 Å². The lowest BCUT2D eigenvalue weighted by molar-refractivity contribution is -0.125. The number of amides is 2. The number of oxazole rings is 1. The Balaban J connectivity index is 1.93. The predicted octanol–water partition coefficient (Wildman–Crippen LogP) is 1.77. The summed E-state index contributed by atoms with van der Waals surface area (Å²) in [5.41, 5.74) is 0.583. The van der Waals surface area contributed by atoms with E-state index in [9.17, 15) is 18.0 Å². The lowest BCUT2D eigenvalue weighted by Crippen LogP contribution is -2.40. The van der Waals surface area contributed by atoms with Gasteiger partial charge in [-0.1, -0.05) is 13.8 Å². The van der Waals surface area contributed by atoms with Gasteiger partial charge in [-0.05, 0) is 24.5 Å². The third-order valence-corrected chi connectivity index (χ3v) is 5.49. The van der Waals surface area contributed by atoms with E-state index < -0.39 is 22.0 Å². The average Bonchev–Trinajstić information content (AvgIpc) is 2.99. The molecule has 0 spiro atoms. The number of carbonyl (C=O) groups is 2. The second-order valence-corrected chi connectivity index (χ2v) is 8.22. The maximum Gasteiger partial charge on any atom is 0.286 e. The van der Waals surface area contributed by atoms with Crippen molar-refractivity contribution in [3.63, 3.8) is 0 Å². The minimum Gasteiger partial charge on any atom is -0.478 e. The van der Waals surface area contributed by atoms with E-state index >= 15 is 0 Å². The van der Waals surface area contributed by atoms with Crippen molar-refractivity contribution in [1.82, 2.24) is 9.71 Å². The maximum atomic E-state index is 12.7. The number of hydrogen-bond acceptors (Lipinski definition) is 7. The first kappa shape index (κ1) is 18.9. The van der Waals surface area contributed by atoms with Crippen molar-refractivity contribution in [2.24, 2.45) is 5.92 Å². The van der Waals surface area contributed by atoms with Gasteiger partial charge in [0, 0.05) is 13.0 Å². The zero-order valence-electron chi connectivity index (χ0n) is 15.2. The van der Waals surface area contributed by atoms with Crippen LogP contribution in [-0.4, -0.2) is 31.3 Å². The third-order valence-electron chi connectivity index (χ3n) is 4.02. The van der Waals surface area contributed by atoms with Crippen LogP contribution < -0.4 is 14.8 Å². The maximum absolute atomic E-state index is 12.7. The molecular weight excluding hydrogens is 374 g/mol. The van der Waals surface area contributed by atoms with Crippen molar-refractivity contribution in [3.05, 3.63) is 35.5 Å². The van der Waals surface area contributed by atoms with Gasteiger partial charge in [-0.25, -0.2) is 18.1 Å². The van der Waals surface area contributed by atoms with E-state index in [0.29, 0.717) is 11.3 Å². The molecule has 0 aliphatic carbocycles. The molecule has 0 bridgehead atoms. The molecule has 0 saturated heterocycles. The molecule has 0 unspecified atom stereocenters. The molecule has 2 heterocycles. The number of rotatable bonds is 4. The number of aromatic nitrogens is 1. The Hall–Kier alpha value is -2.88. The number of sulfonamides is 1. The molecule has 0 fully saturated rings. The van der Waals surface area contributed by atoms with E-state index in [-0.39, 0.29) is 34.1 Å². The van der Waals surface area contributed by atoms with Crippen LogP contribution in [0.25, 0.3) is 0 Å². The van der Waals surface area contributed by atoms with Crippen LogP contribution in [0.1, 0.15) is 35.8 Å². The lowest BCUT2D eigenvalue weighted by atomic mass is 10.0. The van der Waals surface area contributed by atoms with Crippen LogP contribution in [0.5, 0.6) is 5.75 Å². The Morgan fingerprint density at radius 3 is 2.59 bits per heavy atom. The smallest absolute Gasteiger partial charge is 0.286 e. The molecule has 144 valence electrons. The van der Waals surface area contributed by atoms with Gasteiger partial charge in [-0.15, -0.1) is 0 Å². The summed E-state index contributed by atoms with van der Waals surface area (Å²) in [7, 11) is -4.19. The summed E-state index contributed by atoms with van der Waals surface area (Å²) in [5.74, 6) is -0.828. The molecule has 10 heteroatoms. The zero-order valence-corrected chi connectivity index (χ0v) is 16.0. The molecule has 1 aromatic carbocycles. The van der Waals surface area contributed by atoms with Gasteiger partial charge in [-0.2, -0.15) is 0 Å². The SMILES string of the molecule is Cc1nc(C(=O)NS(=O)(=O)c2cc3c(cc2C)NC(=O)[C@H](C(C)C)O3)co1. The molecule has 27 heavy (non-hydrogen) atoms. The summed E-state index contributed by atoms with van der Waals surface area (Å²) in [5, 5.41) is 2.71. The molecule has 1 aliphatic rings. The van der Waals surface area contributed by atoms with Crippen LogP contribution in [0.2, 0.25) is 0 Å². The van der Waals surface area contributed by atoms with Crippen LogP contribution in [0.15, 0.2) is 27.7 Å². The summed E-state index contributed by atoms with van der Waals surface area (Å²) < 4.78 is 37.9. The molecule has 0 radical (unpaired) electrons. The largest absolute Gasteiger partial charge is 0.478 e. The fourth-order valence-corrected chi connectivity index (χ4v) is 3.89. The molecule has 3 rings (SSSR count). The Morgan fingerprint density at radius 1 is 1.30 bits per heavy atom. The van der Waals surface area contributed by atoms with Crippen molar-refractivity contribution in [2.75, 3.05) is 5.32 Å². The Kier molecular flexibility index (Phi) is 4.68. The summed E-state index contributed by atoms with van der Waals surface area (Å²) >= 11 is 0. The van der Waals surface area contributed by atoms with E-state index in [1.54, 1.807) is 6.92 Å². The summed E-state index contributed by atoms with van der Waals surface area (Å²) in [6, 6.07) is 2.78. The van der Waals surface area contributed by atoms with Gasteiger partial charge in [-0.3, -0.25) is 9.59 Å². The molecule has 1 atom stereocenters. The monoisotopic (exact) mass is 393 g/mol. The number of hydrogen-bond donors (Lipinski definition) is 2. The van der Waals surface area contributed by atoms with Crippen LogP contribution >= 0.6 is 0 Å². The first-order valence-electron chi connectivity index (χ1n) is 8.20. The lowest BCUT2D eigenvalue weighted by Gasteiger charge is -2.29. The standard InChI is InChI=1S/C17H19N3O6S/c1-8(2)15-17(22)19-11-5-9(3)14(6-13(11)26-15)27(23,24)20-16(21)12-7-25-10(4)18-12/h5-8,15H,1-4H3,(H,19,22)(H,20,21)/t15-/m0/s1. The predicted molar refractivity (Wildman–Crippen MR) is 95.0 cm³/mol. The fraction of sp³-hybridized carbons (Fsp3) is 0.353. The highest BCUT2D eigenvalue weighted by molar-refractivity contribution is 7.90. The van der Waals surface area contributed by atoms with Crippen molar-refractivity contribution in [1.29, 1.82) is 0 Å². The molecule has 9 nitrogen and oxygen atoms in total. The molecule has 1 aromatic heterocycles. The number of nitrogens with one attached hydrogen (secondary N) is 2. The van der Waals surface area contributed by atoms with Crippen LogP contribution in [0, 0.1) is 19.8 Å². The number of fused-ring (bicyclic) bond motifs is 1. The molecule has 2 aromatic rings. The van der Waals surface area contributed by atoms with Crippen LogP contribution in [-0.2, 0) is 14.8 Å². The number of aryl methyl sites for hydroxylation is 2. The van der Waals surface area contributed by atoms with Gasteiger partial charge in [0.25, 0.3) is 21.8 Å². The number of carbonyl (C=O) groups excluding carboxylic acids is 2. The van der Waals surface area contributed by atoms with Gasteiger partial charge in [0.1, 0.15) is 12.0 Å². The minimum absolute atomic E-state index is 0.102. The van der Waals surface area contributed by atoms with Crippen LogP contribution in [0.3, 0.4) is 0 Å². The molecule has 2 amide bonds. The van der Waals surface area contributed by atoms with Gasteiger partial charge in [0.15, 0.2) is 17.7 Å². The second-order valence-electron chi connectivity index (χ2n) is 6.57. The number of anilines is 1. The van der Waals surface area contributed by atoms with E-state index in [0.717, 1.165) is 6.26 Å². The first-order valence-corrected chi connectivity index (χ1v) is 9.68. The summed E-state index contributed by atoms with van der Waals surface area (Å²) in [4.78, 5) is 27.9. The van der Waals surface area contributed by atoms with E-state index in [1.165, 1.54) is 19.1 Å². The molecule has 1 aliphatic heterocycles. The highest BCUT2D eigenvalue weighted by Gasteiger charge is 2.32. The Bertz CT molecular complexity index is 1030. The van der Waals surface area contributed by atoms with Crippen molar-refractivity contribution < 1.29 is 27.2 Å². The first-order chi connectivity index (χ1) is 12.6. The highest BCUT2D eigenvalue weighted by atomic mass is 32.2. The van der Waals surface area contributed by atoms with E-state index in [4.69, 9.17) is 9.15 Å². The van der Waals surface area contributed by atoms with Crippen molar-refractivity contribution in [2.45, 2.75) is 38.7 Å². The Morgan fingerprint density at radius 2 is 2.00 bits per heavy atom. The van der Waals surface area contributed by atoms with Gasteiger partial charge in [0.05, 0.1) is 10.6 Å². The minimum atomic E-state index is -4.19. The van der Waals surface area contributed by atoms with Gasteiger partial charge >= 0.3 is 0 Å². The topological polar surface area (TPSA) is 128 Å². The Labute approximate surface area is 156 Å². The zero-order chi connectivity index (χ0) is 19.9. The van der Waals surface area contributed by atoms with Crippen molar-refractivity contribution in [3.8, 4) is 5.75 Å². The van der Waals surface area contributed by atoms with E-state index in [1.807, 2.05) is 18.6 Å². The number of ether oxygens (including phenoxy) is 1. The van der Waals surface area contributed by atoms with Gasteiger partial charge in [0.2, 0.25) is 0 Å². The normalized spacial score (nSPS) is 16.5.